The van der Waals surface area contributed by atoms with Crippen molar-refractivity contribution in [2.75, 3.05) is 0 Å². The van der Waals surface area contributed by atoms with Crippen LogP contribution in [0.2, 0.25) is 0 Å². The second-order valence-corrected chi connectivity index (χ2v) is 4.75. The zero-order valence-electron chi connectivity index (χ0n) is 8.39. The lowest BCUT2D eigenvalue weighted by Crippen LogP contribution is -2.40. The number of carboxylic acid groups (broad SMARTS) is 2. The number of carbonyl (C=O) groups is 2. The van der Waals surface area contributed by atoms with Gasteiger partial charge < -0.3 is 10.2 Å². The molecule has 0 unspecified atom stereocenters. The number of rotatable bonds is 5. The Morgan fingerprint density at radius 1 is 1.12 bits per heavy atom. The number of alkyl halides is 1. The van der Waals surface area contributed by atoms with Crippen LogP contribution in [0.1, 0.15) is 12.0 Å². The van der Waals surface area contributed by atoms with Gasteiger partial charge >= 0.3 is 11.9 Å². The lowest BCUT2D eigenvalue weighted by molar-refractivity contribution is -0.151. The molecule has 2 N–H and O–H groups in total. The summed E-state index contributed by atoms with van der Waals surface area (Å²) in [6.45, 7) is 0. The molecule has 0 amide bonds. The summed E-state index contributed by atoms with van der Waals surface area (Å²) in [5.74, 6) is -2.76. The smallest absolute Gasteiger partial charge is 0.332 e. The van der Waals surface area contributed by atoms with Gasteiger partial charge in [-0.1, -0.05) is 46.3 Å². The van der Waals surface area contributed by atoms with Crippen molar-refractivity contribution in [3.8, 4) is 0 Å². The Kier molecular flexibility index (Phi) is 4.06. The summed E-state index contributed by atoms with van der Waals surface area (Å²) in [6, 6.07) is 9.16. The second-order valence-electron chi connectivity index (χ2n) is 3.40. The summed E-state index contributed by atoms with van der Waals surface area (Å²) in [6.07, 6.45) is 0.395. The summed E-state index contributed by atoms with van der Waals surface area (Å²) in [5, 5.41) is 17.7. The standard InChI is InChI=1S/C11H11BrO4/c12-11(9(13)14,10(15)16)7-6-8-4-2-1-3-5-8/h1-5H,6-7H2,(H,13,14)(H,15,16). The Hall–Kier alpha value is -1.36. The minimum atomic E-state index is -1.90. The molecule has 1 rings (SSSR count). The monoisotopic (exact) mass is 286 g/mol. The number of halogens is 1. The van der Waals surface area contributed by atoms with Crippen molar-refractivity contribution in [1.29, 1.82) is 0 Å². The highest BCUT2D eigenvalue weighted by molar-refractivity contribution is 9.10. The molecule has 0 radical (unpaired) electrons. The first-order valence-corrected chi connectivity index (χ1v) is 5.46. The van der Waals surface area contributed by atoms with E-state index in [1.165, 1.54) is 0 Å². The molecule has 1 aromatic carbocycles. The van der Waals surface area contributed by atoms with Gasteiger partial charge in [0, 0.05) is 0 Å². The van der Waals surface area contributed by atoms with Gasteiger partial charge in [0.2, 0.25) is 4.32 Å². The maximum Gasteiger partial charge on any atom is 0.332 e. The van der Waals surface area contributed by atoms with Gasteiger partial charge in [0.1, 0.15) is 0 Å². The zero-order valence-corrected chi connectivity index (χ0v) is 9.98. The van der Waals surface area contributed by atoms with Gasteiger partial charge in [0.15, 0.2) is 0 Å². The van der Waals surface area contributed by atoms with Crippen molar-refractivity contribution in [2.24, 2.45) is 0 Å². The molecular formula is C11H11BrO4. The molecule has 86 valence electrons. The normalized spacial score (nSPS) is 11.1. The van der Waals surface area contributed by atoms with Crippen LogP contribution in [0.15, 0.2) is 30.3 Å². The Bertz CT molecular complexity index is 374. The molecule has 0 spiro atoms. The van der Waals surface area contributed by atoms with Crippen molar-refractivity contribution in [1.82, 2.24) is 0 Å². The Labute approximate surface area is 101 Å². The lowest BCUT2D eigenvalue weighted by atomic mass is 9.99. The molecule has 5 heteroatoms. The minimum absolute atomic E-state index is 0.00167. The first kappa shape index (κ1) is 12.7. The molecule has 0 saturated carbocycles. The number of benzene rings is 1. The third-order valence-corrected chi connectivity index (χ3v) is 3.35. The van der Waals surface area contributed by atoms with E-state index in [1.54, 1.807) is 0 Å². The van der Waals surface area contributed by atoms with Crippen LogP contribution in [0.3, 0.4) is 0 Å². The molecular weight excluding hydrogens is 276 g/mol. The van der Waals surface area contributed by atoms with Gasteiger partial charge in [-0.15, -0.1) is 0 Å². The predicted octanol–water partition coefficient (Wildman–Crippen LogP) is 1.92. The van der Waals surface area contributed by atoms with Gasteiger partial charge in [-0.05, 0) is 18.4 Å². The molecule has 0 fully saturated rings. The molecule has 0 bridgehead atoms. The van der Waals surface area contributed by atoms with Gasteiger partial charge in [0.25, 0.3) is 0 Å². The Balaban J connectivity index is 2.72. The summed E-state index contributed by atoms with van der Waals surface area (Å²) in [4.78, 5) is 21.7. The van der Waals surface area contributed by atoms with Gasteiger partial charge in [0.05, 0.1) is 0 Å². The number of hydrogen-bond donors (Lipinski definition) is 2. The van der Waals surface area contributed by atoms with E-state index in [9.17, 15) is 9.59 Å². The molecule has 1 aromatic rings. The third kappa shape index (κ3) is 2.82. The van der Waals surface area contributed by atoms with E-state index in [1.807, 2.05) is 30.3 Å². The molecule has 0 heterocycles. The quantitative estimate of drug-likeness (QED) is 0.641. The molecule has 0 aliphatic carbocycles. The summed E-state index contributed by atoms with van der Waals surface area (Å²) >= 11 is 2.77. The van der Waals surface area contributed by atoms with E-state index < -0.39 is 16.3 Å². The highest BCUT2D eigenvalue weighted by atomic mass is 79.9. The van der Waals surface area contributed by atoms with Gasteiger partial charge in [-0.3, -0.25) is 9.59 Å². The van der Waals surface area contributed by atoms with Crippen molar-refractivity contribution in [3.63, 3.8) is 0 Å². The van der Waals surface area contributed by atoms with Crippen molar-refractivity contribution in [3.05, 3.63) is 35.9 Å². The number of carboxylic acids is 2. The van der Waals surface area contributed by atoms with Gasteiger partial charge in [-0.2, -0.15) is 0 Å². The molecule has 0 aliphatic rings. The summed E-state index contributed by atoms with van der Waals surface area (Å²) in [5.41, 5.74) is 0.911. The molecule has 0 saturated heterocycles. The summed E-state index contributed by atoms with van der Waals surface area (Å²) in [7, 11) is 0. The van der Waals surface area contributed by atoms with E-state index >= 15 is 0 Å². The molecule has 16 heavy (non-hydrogen) atoms. The van der Waals surface area contributed by atoms with E-state index in [4.69, 9.17) is 10.2 Å². The third-order valence-electron chi connectivity index (χ3n) is 2.28. The van der Waals surface area contributed by atoms with E-state index in [0.717, 1.165) is 5.56 Å². The average molecular weight is 287 g/mol. The van der Waals surface area contributed by atoms with Crippen LogP contribution < -0.4 is 0 Å². The lowest BCUT2D eigenvalue weighted by Gasteiger charge is -2.17. The van der Waals surface area contributed by atoms with Crippen LogP contribution in [-0.4, -0.2) is 26.5 Å². The van der Waals surface area contributed by atoms with E-state index in [0.29, 0.717) is 6.42 Å². The van der Waals surface area contributed by atoms with Crippen molar-refractivity contribution in [2.45, 2.75) is 17.2 Å². The maximum atomic E-state index is 10.9. The molecule has 0 atom stereocenters. The predicted molar refractivity (Wildman–Crippen MR) is 61.7 cm³/mol. The minimum Gasteiger partial charge on any atom is -0.480 e. The number of aliphatic carboxylic acids is 2. The fraction of sp³-hybridized carbons (Fsp3) is 0.273. The topological polar surface area (TPSA) is 74.6 Å². The SMILES string of the molecule is O=C(O)C(Br)(CCc1ccccc1)C(=O)O. The largest absolute Gasteiger partial charge is 0.480 e. The van der Waals surface area contributed by atoms with Crippen molar-refractivity contribution < 1.29 is 19.8 Å². The Morgan fingerprint density at radius 3 is 2.06 bits per heavy atom. The van der Waals surface area contributed by atoms with Crippen LogP contribution in [0.25, 0.3) is 0 Å². The van der Waals surface area contributed by atoms with Crippen LogP contribution in [0, 0.1) is 0 Å². The second kappa shape index (κ2) is 5.12. The Morgan fingerprint density at radius 2 is 1.62 bits per heavy atom. The molecule has 0 aromatic heterocycles. The van der Waals surface area contributed by atoms with Crippen LogP contribution in [0.4, 0.5) is 0 Å². The fourth-order valence-electron chi connectivity index (χ4n) is 1.27. The number of aryl methyl sites for hydroxylation is 1. The highest BCUT2D eigenvalue weighted by Gasteiger charge is 2.43. The summed E-state index contributed by atoms with van der Waals surface area (Å²) < 4.78 is -1.90. The highest BCUT2D eigenvalue weighted by Crippen LogP contribution is 2.25. The average Bonchev–Trinajstić information content (AvgIpc) is 2.26. The van der Waals surface area contributed by atoms with Crippen LogP contribution in [-0.2, 0) is 16.0 Å². The van der Waals surface area contributed by atoms with Gasteiger partial charge in [-0.25, -0.2) is 0 Å². The molecule has 4 nitrogen and oxygen atoms in total. The van der Waals surface area contributed by atoms with E-state index in [2.05, 4.69) is 15.9 Å². The molecule has 0 aliphatic heterocycles. The number of hydrogen-bond acceptors (Lipinski definition) is 2. The van der Waals surface area contributed by atoms with E-state index in [-0.39, 0.29) is 6.42 Å². The zero-order chi connectivity index (χ0) is 12.2. The first-order chi connectivity index (χ1) is 7.47. The van der Waals surface area contributed by atoms with Crippen LogP contribution in [0.5, 0.6) is 0 Å². The fourth-order valence-corrected chi connectivity index (χ4v) is 1.46. The van der Waals surface area contributed by atoms with Crippen molar-refractivity contribution >= 4 is 27.9 Å². The maximum absolute atomic E-state index is 10.9. The first-order valence-electron chi connectivity index (χ1n) is 4.66. The van der Waals surface area contributed by atoms with Crippen LogP contribution >= 0.6 is 15.9 Å².